The molecule has 0 spiro atoms. The van der Waals surface area contributed by atoms with Crippen LogP contribution >= 0.6 is 0 Å². The van der Waals surface area contributed by atoms with Crippen LogP contribution < -0.4 is 16.0 Å². The summed E-state index contributed by atoms with van der Waals surface area (Å²) in [6, 6.07) is 6.34. The normalized spacial score (nSPS) is 16.2. The Kier molecular flexibility index (Phi) is 4.61. The molecule has 1 atom stereocenters. The van der Waals surface area contributed by atoms with Gasteiger partial charge in [0.1, 0.15) is 6.04 Å². The number of hydrogen-bond acceptors (Lipinski definition) is 3. The Morgan fingerprint density at radius 1 is 1.08 bits per heavy atom. The van der Waals surface area contributed by atoms with Crippen molar-refractivity contribution in [2.45, 2.75) is 12.5 Å². The van der Waals surface area contributed by atoms with Gasteiger partial charge in [0.05, 0.1) is 17.7 Å². The van der Waals surface area contributed by atoms with Gasteiger partial charge in [-0.1, -0.05) is 12.1 Å². The van der Waals surface area contributed by atoms with E-state index in [-0.39, 0.29) is 11.3 Å². The van der Waals surface area contributed by atoms with Crippen molar-refractivity contribution in [3.63, 3.8) is 0 Å². The van der Waals surface area contributed by atoms with E-state index in [1.165, 1.54) is 6.07 Å². The molecule has 0 fully saturated rings. The van der Waals surface area contributed by atoms with E-state index in [1.54, 1.807) is 18.2 Å². The molecule has 1 heterocycles. The van der Waals surface area contributed by atoms with E-state index >= 15 is 0 Å². The van der Waals surface area contributed by atoms with Crippen molar-refractivity contribution < 1.29 is 27.6 Å². The van der Waals surface area contributed by atoms with Gasteiger partial charge >= 0.3 is 0 Å². The Labute approximate surface area is 145 Å². The van der Waals surface area contributed by atoms with Gasteiger partial charge < -0.3 is 16.0 Å². The molecule has 1 aliphatic rings. The minimum absolute atomic E-state index is 0.242. The lowest BCUT2D eigenvalue weighted by atomic mass is 10.1. The molecule has 26 heavy (non-hydrogen) atoms. The van der Waals surface area contributed by atoms with Gasteiger partial charge in [-0.15, -0.1) is 0 Å². The quantitative estimate of drug-likeness (QED) is 0.731. The zero-order chi connectivity index (χ0) is 18.8. The summed E-state index contributed by atoms with van der Waals surface area (Å²) in [5.41, 5.74) is 0.238. The summed E-state index contributed by atoms with van der Waals surface area (Å²) < 4.78 is 39.3. The summed E-state index contributed by atoms with van der Waals surface area (Å²) in [5.74, 6) is -6.53. The first kappa shape index (κ1) is 17.5. The van der Waals surface area contributed by atoms with Gasteiger partial charge in [0.25, 0.3) is 5.91 Å². The molecule has 0 aromatic heterocycles. The molecule has 2 aromatic rings. The number of rotatable bonds is 3. The molecule has 9 heteroatoms. The van der Waals surface area contributed by atoms with Crippen LogP contribution in [0.25, 0.3) is 0 Å². The van der Waals surface area contributed by atoms with Gasteiger partial charge in [0.15, 0.2) is 17.5 Å². The number of carbonyl (C=O) groups excluding carboxylic acids is 3. The monoisotopic (exact) mass is 363 g/mol. The van der Waals surface area contributed by atoms with Crippen LogP contribution in [0.5, 0.6) is 0 Å². The summed E-state index contributed by atoms with van der Waals surface area (Å²) in [5, 5.41) is 7.10. The van der Waals surface area contributed by atoms with E-state index in [0.717, 1.165) is 0 Å². The van der Waals surface area contributed by atoms with E-state index in [1.807, 2.05) is 0 Å². The number of nitrogens with one attached hydrogen (secondary N) is 3. The van der Waals surface area contributed by atoms with Gasteiger partial charge in [-0.2, -0.15) is 0 Å². The number of para-hydroxylation sites is 1. The minimum atomic E-state index is -1.66. The van der Waals surface area contributed by atoms with Gasteiger partial charge in [-0.3, -0.25) is 14.4 Å². The Bertz CT molecular complexity index is 894. The zero-order valence-electron chi connectivity index (χ0n) is 13.1. The summed E-state index contributed by atoms with van der Waals surface area (Å²) in [6.45, 7) is 0. The zero-order valence-corrected chi connectivity index (χ0v) is 13.1. The number of benzene rings is 2. The molecule has 3 rings (SSSR count). The van der Waals surface area contributed by atoms with Crippen LogP contribution in [0.3, 0.4) is 0 Å². The molecule has 0 radical (unpaired) electrons. The van der Waals surface area contributed by atoms with E-state index in [4.69, 9.17) is 0 Å². The van der Waals surface area contributed by atoms with Crippen LogP contribution in [0.1, 0.15) is 16.8 Å². The average molecular weight is 363 g/mol. The van der Waals surface area contributed by atoms with Crippen LogP contribution in [-0.2, 0) is 9.59 Å². The molecule has 0 saturated heterocycles. The lowest BCUT2D eigenvalue weighted by Gasteiger charge is -2.14. The summed E-state index contributed by atoms with van der Waals surface area (Å²) in [4.78, 5) is 36.4. The predicted molar refractivity (Wildman–Crippen MR) is 85.9 cm³/mol. The molecule has 3 N–H and O–H groups in total. The topological polar surface area (TPSA) is 87.3 Å². The fourth-order valence-electron chi connectivity index (χ4n) is 2.48. The third-order valence-electron chi connectivity index (χ3n) is 3.71. The molecule has 3 amide bonds. The summed E-state index contributed by atoms with van der Waals surface area (Å²) >= 11 is 0. The predicted octanol–water partition coefficient (Wildman–Crippen LogP) is 2.18. The molecule has 6 nitrogen and oxygen atoms in total. The van der Waals surface area contributed by atoms with Crippen molar-refractivity contribution in [2.24, 2.45) is 0 Å². The maximum absolute atomic E-state index is 13.2. The van der Waals surface area contributed by atoms with E-state index < -0.39 is 47.6 Å². The van der Waals surface area contributed by atoms with Crippen molar-refractivity contribution in [1.29, 1.82) is 0 Å². The number of fused-ring (bicyclic) bond motifs is 1. The van der Waals surface area contributed by atoms with Crippen LogP contribution in [0.2, 0.25) is 0 Å². The maximum Gasteiger partial charge on any atom is 0.254 e. The summed E-state index contributed by atoms with van der Waals surface area (Å²) in [6.07, 6.45) is -0.480. The van der Waals surface area contributed by atoms with Gasteiger partial charge in [0.2, 0.25) is 11.8 Å². The standard InChI is InChI=1S/C17H12F3N3O3/c18-10-5-8(6-11(19)15(10)20)21-14(24)7-13-17(26)22-12-4-2-1-3-9(12)16(25)23-13/h1-6,13H,7H2,(H,21,24)(H,22,26)(H,23,25). The highest BCUT2D eigenvalue weighted by Crippen LogP contribution is 2.20. The maximum atomic E-state index is 13.2. The van der Waals surface area contributed by atoms with Gasteiger partial charge in [-0.25, -0.2) is 13.2 Å². The Morgan fingerprint density at radius 3 is 2.42 bits per heavy atom. The third-order valence-corrected chi connectivity index (χ3v) is 3.71. The molecular weight excluding hydrogens is 351 g/mol. The highest BCUT2D eigenvalue weighted by Gasteiger charge is 2.29. The van der Waals surface area contributed by atoms with E-state index in [0.29, 0.717) is 17.8 Å². The molecule has 1 unspecified atom stereocenters. The number of hydrogen-bond donors (Lipinski definition) is 3. The molecular formula is C17H12F3N3O3. The highest BCUT2D eigenvalue weighted by molar-refractivity contribution is 6.11. The van der Waals surface area contributed by atoms with Crippen LogP contribution in [0, 0.1) is 17.5 Å². The number of halogens is 3. The largest absolute Gasteiger partial charge is 0.340 e. The second-order valence-electron chi connectivity index (χ2n) is 5.57. The Balaban J connectivity index is 1.72. The first-order chi connectivity index (χ1) is 12.3. The van der Waals surface area contributed by atoms with Gasteiger partial charge in [-0.05, 0) is 12.1 Å². The summed E-state index contributed by atoms with van der Waals surface area (Å²) in [7, 11) is 0. The lowest BCUT2D eigenvalue weighted by Crippen LogP contribution is -2.43. The number of anilines is 2. The van der Waals surface area contributed by atoms with Gasteiger partial charge in [0, 0.05) is 17.8 Å². The molecule has 2 aromatic carbocycles. The Hall–Kier alpha value is -3.36. The van der Waals surface area contributed by atoms with E-state index in [2.05, 4.69) is 16.0 Å². The second-order valence-corrected chi connectivity index (χ2v) is 5.57. The Morgan fingerprint density at radius 2 is 1.73 bits per heavy atom. The fourth-order valence-corrected chi connectivity index (χ4v) is 2.48. The molecule has 134 valence electrons. The molecule has 0 aliphatic carbocycles. The van der Waals surface area contributed by atoms with E-state index in [9.17, 15) is 27.6 Å². The molecule has 1 aliphatic heterocycles. The van der Waals surface area contributed by atoms with Crippen molar-refractivity contribution >= 4 is 29.1 Å². The molecule has 0 saturated carbocycles. The van der Waals surface area contributed by atoms with Crippen molar-refractivity contribution in [1.82, 2.24) is 5.32 Å². The van der Waals surface area contributed by atoms with Crippen LogP contribution in [0.4, 0.5) is 24.5 Å². The lowest BCUT2D eigenvalue weighted by molar-refractivity contribution is -0.122. The van der Waals surface area contributed by atoms with Crippen LogP contribution in [-0.4, -0.2) is 23.8 Å². The fraction of sp³-hybridized carbons (Fsp3) is 0.118. The first-order valence-electron chi connectivity index (χ1n) is 7.50. The van der Waals surface area contributed by atoms with Crippen molar-refractivity contribution in [3.8, 4) is 0 Å². The first-order valence-corrected chi connectivity index (χ1v) is 7.50. The van der Waals surface area contributed by atoms with Crippen molar-refractivity contribution in [3.05, 3.63) is 59.4 Å². The molecule has 0 bridgehead atoms. The second kappa shape index (κ2) is 6.87. The smallest absolute Gasteiger partial charge is 0.254 e. The highest BCUT2D eigenvalue weighted by atomic mass is 19.2. The number of amides is 3. The number of carbonyl (C=O) groups is 3. The SMILES string of the molecule is O=C(CC1NC(=O)c2ccccc2NC1=O)Nc1cc(F)c(F)c(F)c1. The minimum Gasteiger partial charge on any atom is -0.340 e. The van der Waals surface area contributed by atoms with Crippen LogP contribution in [0.15, 0.2) is 36.4 Å². The average Bonchev–Trinajstić information content (AvgIpc) is 2.70. The third kappa shape index (κ3) is 3.51. The van der Waals surface area contributed by atoms with Crippen molar-refractivity contribution in [2.75, 3.05) is 10.6 Å².